The zero-order valence-corrected chi connectivity index (χ0v) is 27.6. The highest BCUT2D eigenvalue weighted by atomic mass is 16.5. The first kappa shape index (κ1) is 34.5. The smallest absolute Gasteiger partial charge is 0.321 e. The average molecular weight is 585 g/mol. The predicted molar refractivity (Wildman–Crippen MR) is 169 cm³/mol. The second-order valence-corrected chi connectivity index (χ2v) is 10.5. The van der Waals surface area contributed by atoms with E-state index in [1.54, 1.807) is 30.8 Å². The van der Waals surface area contributed by atoms with Gasteiger partial charge in [0.05, 0.1) is 36.8 Å². The lowest BCUT2D eigenvalue weighted by Gasteiger charge is -2.47. The zero-order chi connectivity index (χ0) is 31.6. The molecule has 0 saturated heterocycles. The minimum Gasteiger partial charge on any atom is -0.497 e. The van der Waals surface area contributed by atoms with Gasteiger partial charge in [-0.1, -0.05) is 26.8 Å². The van der Waals surface area contributed by atoms with Crippen LogP contribution in [0.5, 0.6) is 11.5 Å². The van der Waals surface area contributed by atoms with E-state index in [2.05, 4.69) is 41.4 Å². The molecule has 10 heteroatoms. The van der Waals surface area contributed by atoms with E-state index in [1.807, 2.05) is 52.6 Å². The Morgan fingerprint density at radius 3 is 2.38 bits per heavy atom. The van der Waals surface area contributed by atoms with Crippen molar-refractivity contribution in [2.45, 2.75) is 79.3 Å². The highest BCUT2D eigenvalue weighted by Crippen LogP contribution is 2.38. The van der Waals surface area contributed by atoms with E-state index in [0.717, 1.165) is 59.1 Å². The van der Waals surface area contributed by atoms with E-state index in [9.17, 15) is 9.59 Å². The summed E-state index contributed by atoms with van der Waals surface area (Å²) >= 11 is 0. The van der Waals surface area contributed by atoms with Crippen LogP contribution in [0.1, 0.15) is 69.5 Å². The third kappa shape index (κ3) is 7.20. The van der Waals surface area contributed by atoms with Gasteiger partial charge < -0.3 is 29.5 Å². The molecule has 1 aromatic carbocycles. The first-order valence-corrected chi connectivity index (χ1v) is 15.0. The van der Waals surface area contributed by atoms with E-state index in [1.165, 1.54) is 5.56 Å². The number of fused-ring (bicyclic) bond motifs is 1. The van der Waals surface area contributed by atoms with Crippen molar-refractivity contribution in [3.8, 4) is 11.5 Å². The number of likely N-dealkylation sites (N-methyl/N-ethyl adjacent to an activating group) is 2. The molecule has 2 heterocycles. The molecule has 0 bridgehead atoms. The van der Waals surface area contributed by atoms with Crippen molar-refractivity contribution in [2.75, 3.05) is 46.7 Å². The molecule has 0 radical (unpaired) electrons. The number of allylic oxidation sites excluding steroid dienone is 1. The molecule has 0 fully saturated rings. The summed E-state index contributed by atoms with van der Waals surface area (Å²) < 4.78 is 13.0. The van der Waals surface area contributed by atoms with Gasteiger partial charge >= 0.3 is 6.03 Å². The molecule has 0 aliphatic carbocycles. The maximum Gasteiger partial charge on any atom is 0.321 e. The van der Waals surface area contributed by atoms with Crippen molar-refractivity contribution < 1.29 is 19.1 Å². The van der Waals surface area contributed by atoms with Gasteiger partial charge in [0.1, 0.15) is 11.5 Å². The minimum absolute atomic E-state index is 0.202. The number of amides is 3. The van der Waals surface area contributed by atoms with E-state index < -0.39 is 5.54 Å². The number of rotatable bonds is 11. The summed E-state index contributed by atoms with van der Waals surface area (Å²) in [7, 11) is 9.07. The van der Waals surface area contributed by atoms with Crippen molar-refractivity contribution in [3.63, 3.8) is 0 Å². The summed E-state index contributed by atoms with van der Waals surface area (Å²) in [6.45, 7) is 13.6. The van der Waals surface area contributed by atoms with Crippen LogP contribution in [0.4, 0.5) is 10.5 Å². The third-order valence-corrected chi connectivity index (χ3v) is 8.31. The summed E-state index contributed by atoms with van der Waals surface area (Å²) in [5.74, 6) is 1.59. The maximum absolute atomic E-state index is 13.2. The molecule has 1 aliphatic rings. The highest BCUT2D eigenvalue weighted by Gasteiger charge is 2.40. The quantitative estimate of drug-likeness (QED) is 0.350. The van der Waals surface area contributed by atoms with Crippen molar-refractivity contribution in [1.29, 1.82) is 0 Å². The molecule has 1 unspecified atom stereocenters. The van der Waals surface area contributed by atoms with E-state index >= 15 is 0 Å². The Morgan fingerprint density at radius 2 is 1.86 bits per heavy atom. The van der Waals surface area contributed by atoms with Crippen LogP contribution >= 0.6 is 0 Å². The Labute approximate surface area is 252 Å². The number of nitrogens with one attached hydrogen (secondary N) is 1. The number of aromatic nitrogens is 2. The molecule has 234 valence electrons. The molecule has 0 spiro atoms. The van der Waals surface area contributed by atoms with Gasteiger partial charge in [-0.2, -0.15) is 5.10 Å². The Kier molecular flexibility index (Phi) is 12.7. The SMILES string of the molecule is CC.CCN(C=O)C(CC)(CCN(C)C(=O)Nc1c(C)nn(C)c1C)/C1=C/CCc2c(cc(OC)cc2OC)CN1C. The van der Waals surface area contributed by atoms with Crippen LogP contribution in [0.3, 0.4) is 0 Å². The Hall–Kier alpha value is -3.69. The summed E-state index contributed by atoms with van der Waals surface area (Å²) in [6.07, 6.45) is 6.11. The number of carbonyl (C=O) groups is 2. The van der Waals surface area contributed by atoms with Gasteiger partial charge in [-0.25, -0.2) is 4.79 Å². The van der Waals surface area contributed by atoms with Gasteiger partial charge in [-0.15, -0.1) is 0 Å². The van der Waals surface area contributed by atoms with Gasteiger partial charge in [0.25, 0.3) is 0 Å². The molecule has 10 nitrogen and oxygen atoms in total. The van der Waals surface area contributed by atoms with Gasteiger partial charge in [0.15, 0.2) is 0 Å². The van der Waals surface area contributed by atoms with Crippen LogP contribution in [0.15, 0.2) is 23.9 Å². The van der Waals surface area contributed by atoms with Crippen LogP contribution in [-0.4, -0.2) is 83.9 Å². The second-order valence-electron chi connectivity index (χ2n) is 10.5. The molecule has 1 aromatic heterocycles. The first-order valence-electron chi connectivity index (χ1n) is 15.0. The fraction of sp³-hybridized carbons (Fsp3) is 0.594. The lowest BCUT2D eigenvalue weighted by molar-refractivity contribution is -0.123. The molecule has 42 heavy (non-hydrogen) atoms. The van der Waals surface area contributed by atoms with Crippen molar-refractivity contribution in [1.82, 2.24) is 24.5 Å². The van der Waals surface area contributed by atoms with Crippen molar-refractivity contribution in [3.05, 3.63) is 46.4 Å². The van der Waals surface area contributed by atoms with Crippen LogP contribution in [0.2, 0.25) is 0 Å². The first-order chi connectivity index (χ1) is 20.1. The number of methoxy groups -OCH3 is 2. The lowest BCUT2D eigenvalue weighted by atomic mass is 9.83. The monoisotopic (exact) mass is 584 g/mol. The van der Waals surface area contributed by atoms with Crippen molar-refractivity contribution >= 4 is 18.1 Å². The highest BCUT2D eigenvalue weighted by molar-refractivity contribution is 5.90. The number of nitrogens with zero attached hydrogens (tertiary/aromatic N) is 5. The average Bonchev–Trinajstić information content (AvgIpc) is 3.23. The topological polar surface area (TPSA) is 92.2 Å². The molecular weight excluding hydrogens is 532 g/mol. The Bertz CT molecular complexity index is 1240. The number of carbonyl (C=O) groups excluding carboxylic acids is 2. The van der Waals surface area contributed by atoms with Crippen LogP contribution in [0.25, 0.3) is 0 Å². The molecule has 1 aliphatic heterocycles. The molecule has 1 atom stereocenters. The fourth-order valence-corrected chi connectivity index (χ4v) is 5.86. The largest absolute Gasteiger partial charge is 0.497 e. The number of aryl methyl sites for hydroxylation is 2. The summed E-state index contributed by atoms with van der Waals surface area (Å²) in [4.78, 5) is 31.4. The molecule has 3 amide bonds. The third-order valence-electron chi connectivity index (χ3n) is 8.31. The van der Waals surface area contributed by atoms with Gasteiger partial charge in [-0.05, 0) is 63.6 Å². The molecule has 0 saturated carbocycles. The van der Waals surface area contributed by atoms with E-state index in [-0.39, 0.29) is 6.03 Å². The summed E-state index contributed by atoms with van der Waals surface area (Å²) in [5, 5.41) is 7.42. The number of ether oxygens (including phenoxy) is 2. The number of hydrogen-bond donors (Lipinski definition) is 1. The van der Waals surface area contributed by atoms with Crippen LogP contribution < -0.4 is 14.8 Å². The fourth-order valence-electron chi connectivity index (χ4n) is 5.86. The number of urea groups is 1. The second kappa shape index (κ2) is 15.5. The van der Waals surface area contributed by atoms with E-state index in [4.69, 9.17) is 9.47 Å². The summed E-state index contributed by atoms with van der Waals surface area (Å²) in [5.41, 5.74) is 5.23. The minimum atomic E-state index is -0.583. The number of benzene rings is 1. The standard InChI is InChI=1S/C30H46N6O4.C2H6/c1-10-30(36(11-2)20-37,15-16-33(5)29(38)31-28-21(3)32-35(7)22(28)4)27-14-12-13-25-23(19-34(27)6)17-24(39-8)18-26(25)40-9;1-2/h14,17-18,20H,10-13,15-16,19H2,1-9H3,(H,31,38);1-2H3/b27-14-;. The maximum atomic E-state index is 13.2. The van der Waals surface area contributed by atoms with Crippen LogP contribution in [-0.2, 0) is 24.8 Å². The number of anilines is 1. The lowest BCUT2D eigenvalue weighted by Crippen LogP contribution is -2.54. The Morgan fingerprint density at radius 1 is 1.17 bits per heavy atom. The van der Waals surface area contributed by atoms with Crippen molar-refractivity contribution in [2.24, 2.45) is 7.05 Å². The van der Waals surface area contributed by atoms with Gasteiger partial charge in [-0.3, -0.25) is 9.48 Å². The van der Waals surface area contributed by atoms with Crippen LogP contribution in [0, 0.1) is 13.8 Å². The summed E-state index contributed by atoms with van der Waals surface area (Å²) in [6, 6.07) is 3.80. The van der Waals surface area contributed by atoms with Gasteiger partial charge in [0.2, 0.25) is 6.41 Å². The predicted octanol–water partition coefficient (Wildman–Crippen LogP) is 5.52. The molecular formula is C32H52N6O4. The number of hydrogen-bond acceptors (Lipinski definition) is 6. The molecule has 2 aromatic rings. The van der Waals surface area contributed by atoms with E-state index in [0.29, 0.717) is 32.5 Å². The molecule has 3 rings (SSSR count). The zero-order valence-electron chi connectivity index (χ0n) is 27.6. The Balaban J connectivity index is 0.00000301. The molecule has 1 N–H and O–H groups in total. The normalized spacial score (nSPS) is 15.4. The van der Waals surface area contributed by atoms with Gasteiger partial charge in [0, 0.05) is 52.5 Å².